The molecule has 0 aromatic rings. The lowest BCUT2D eigenvalue weighted by atomic mass is 10.8. The van der Waals surface area contributed by atoms with Crippen molar-refractivity contribution >= 4 is 0 Å². The molecule has 0 aliphatic heterocycles. The van der Waals surface area contributed by atoms with Crippen molar-refractivity contribution in [3.8, 4) is 0 Å². The molecule has 0 saturated heterocycles. The monoisotopic (exact) mass is 298 g/mol. The van der Waals surface area contributed by atoms with Gasteiger partial charge >= 0.3 is 0 Å². The van der Waals surface area contributed by atoms with Gasteiger partial charge in [-0.3, -0.25) is 0 Å². The fourth-order valence-electron chi connectivity index (χ4n) is 0. The van der Waals surface area contributed by atoms with E-state index in [2.05, 4.69) is 28.2 Å². The third-order valence-electron chi connectivity index (χ3n) is 0. The van der Waals surface area contributed by atoms with Crippen LogP contribution in [0.25, 0.3) is 0 Å². The quantitative estimate of drug-likeness (QED) is 0.343. The Kier molecular flexibility index (Phi) is 23.3. The number of nitrogens with zero attached hydrogens (tertiary/aromatic N) is 1. The molecule has 0 radical (unpaired) electrons. The van der Waals surface area contributed by atoms with Crippen molar-refractivity contribution < 1.29 is 45.4 Å². The third kappa shape index (κ3) is 210. The van der Waals surface area contributed by atoms with Crippen LogP contribution in [0, 0.1) is 0 Å². The molecular formula is C4H16BrIN2. The molecule has 0 spiro atoms. The summed E-state index contributed by atoms with van der Waals surface area (Å²) >= 11 is 0. The van der Waals surface area contributed by atoms with Gasteiger partial charge in [0.1, 0.15) is 0 Å². The van der Waals surface area contributed by atoms with Crippen LogP contribution in [0.1, 0.15) is 0 Å². The molecule has 0 aliphatic carbocycles. The Balaban J connectivity index is -0.0000000267. The zero-order chi connectivity index (χ0) is 4.50. The van der Waals surface area contributed by atoms with Gasteiger partial charge in [-0.2, -0.15) is 0 Å². The predicted octanol–water partition coefficient (Wildman–Crippen LogP) is -5.29. The minimum absolute atomic E-state index is 0. The van der Waals surface area contributed by atoms with Gasteiger partial charge in [0.05, 0.1) is 28.2 Å². The zero-order valence-electron chi connectivity index (χ0n) is 6.20. The molecule has 0 aliphatic rings. The second-order valence-corrected chi connectivity index (χ2v) is 2.68. The fourth-order valence-corrected chi connectivity index (χ4v) is 0. The summed E-state index contributed by atoms with van der Waals surface area (Å²) in [4.78, 5) is 0. The summed E-state index contributed by atoms with van der Waals surface area (Å²) in [6, 6.07) is 0. The van der Waals surface area contributed by atoms with Gasteiger partial charge in [-0.05, 0) is 0 Å². The van der Waals surface area contributed by atoms with Gasteiger partial charge in [0, 0.05) is 0 Å². The third-order valence-corrected chi connectivity index (χ3v) is 0. The van der Waals surface area contributed by atoms with Crippen LogP contribution in [0.15, 0.2) is 0 Å². The van der Waals surface area contributed by atoms with Crippen LogP contribution >= 0.6 is 0 Å². The molecule has 0 saturated carbocycles. The maximum atomic E-state index is 2.12. The molecule has 0 heterocycles. The van der Waals surface area contributed by atoms with E-state index in [1.54, 1.807) is 0 Å². The van der Waals surface area contributed by atoms with Gasteiger partial charge in [-0.1, -0.05) is 0 Å². The lowest BCUT2D eigenvalue weighted by Crippen LogP contribution is -3.00. The number of hydrogen-bond acceptors (Lipinski definition) is 0. The molecule has 2 nitrogen and oxygen atoms in total. The lowest BCUT2D eigenvalue weighted by molar-refractivity contribution is -0.849. The maximum Gasteiger partial charge on any atom is 0.0675 e. The SMILES string of the molecule is C[N+](C)(C)C.[Br-].[I-].[NH4+]. The molecule has 0 amide bonds. The molecule has 0 fully saturated rings. The summed E-state index contributed by atoms with van der Waals surface area (Å²) in [5, 5.41) is 0. The summed E-state index contributed by atoms with van der Waals surface area (Å²) in [7, 11) is 8.50. The molecule has 56 valence electrons. The van der Waals surface area contributed by atoms with Gasteiger partial charge in [-0.15, -0.1) is 0 Å². The predicted molar refractivity (Wildman–Crippen MR) is 29.9 cm³/mol. The minimum atomic E-state index is 0. The molecule has 0 aromatic heterocycles. The van der Waals surface area contributed by atoms with E-state index in [0.29, 0.717) is 0 Å². The molecule has 0 rings (SSSR count). The topological polar surface area (TPSA) is 36.5 Å². The van der Waals surface area contributed by atoms with E-state index in [1.807, 2.05) is 0 Å². The van der Waals surface area contributed by atoms with Crippen molar-refractivity contribution in [2.24, 2.45) is 0 Å². The molecule has 0 unspecified atom stereocenters. The largest absolute Gasteiger partial charge is 1.00 e. The van der Waals surface area contributed by atoms with E-state index < -0.39 is 0 Å². The molecule has 0 atom stereocenters. The van der Waals surface area contributed by atoms with E-state index in [0.717, 1.165) is 4.48 Å². The Labute approximate surface area is 79.6 Å². The summed E-state index contributed by atoms with van der Waals surface area (Å²) in [5.41, 5.74) is 0. The molecule has 4 N–H and O–H groups in total. The average Bonchev–Trinajstić information content (AvgIpc) is 0.722. The first-order valence-corrected chi connectivity index (χ1v) is 1.79. The molecule has 4 heteroatoms. The zero-order valence-corrected chi connectivity index (χ0v) is 9.95. The number of rotatable bonds is 0. The number of hydrogen-bond donors (Lipinski definition) is 1. The normalized spacial score (nSPS) is 7.50. The summed E-state index contributed by atoms with van der Waals surface area (Å²) < 4.78 is 1.00. The lowest BCUT2D eigenvalue weighted by Gasteiger charge is -2.14. The Morgan fingerprint density at radius 1 is 0.875 bits per heavy atom. The van der Waals surface area contributed by atoms with Gasteiger partial charge in [-0.25, -0.2) is 0 Å². The summed E-state index contributed by atoms with van der Waals surface area (Å²) in [5.74, 6) is 0. The van der Waals surface area contributed by atoms with Crippen LogP contribution in [0.2, 0.25) is 0 Å². The molecule has 8 heavy (non-hydrogen) atoms. The van der Waals surface area contributed by atoms with Crippen molar-refractivity contribution in [1.82, 2.24) is 6.15 Å². The van der Waals surface area contributed by atoms with Gasteiger partial charge in [0.2, 0.25) is 0 Å². The van der Waals surface area contributed by atoms with Crippen molar-refractivity contribution in [1.29, 1.82) is 0 Å². The highest BCUT2D eigenvalue weighted by atomic mass is 127. The minimum Gasteiger partial charge on any atom is -1.00 e. The van der Waals surface area contributed by atoms with Crippen LogP contribution in [-0.4, -0.2) is 32.7 Å². The first kappa shape index (κ1) is 22.9. The van der Waals surface area contributed by atoms with Crippen LogP contribution in [-0.2, 0) is 0 Å². The van der Waals surface area contributed by atoms with E-state index in [4.69, 9.17) is 0 Å². The Bertz CT molecular complexity index is 29.5. The summed E-state index contributed by atoms with van der Waals surface area (Å²) in [6.07, 6.45) is 0. The first-order chi connectivity index (χ1) is 2.00. The fraction of sp³-hybridized carbons (Fsp3) is 1.00. The Morgan fingerprint density at radius 3 is 0.875 bits per heavy atom. The second-order valence-electron chi connectivity index (χ2n) is 2.68. The Morgan fingerprint density at radius 2 is 0.875 bits per heavy atom. The molecular weight excluding hydrogens is 283 g/mol. The highest BCUT2D eigenvalue weighted by Gasteiger charge is 1.88. The van der Waals surface area contributed by atoms with Crippen molar-refractivity contribution in [2.75, 3.05) is 28.2 Å². The highest BCUT2D eigenvalue weighted by molar-refractivity contribution is 3.87. The average molecular weight is 299 g/mol. The van der Waals surface area contributed by atoms with Crippen molar-refractivity contribution in [3.05, 3.63) is 0 Å². The molecule has 0 bridgehead atoms. The van der Waals surface area contributed by atoms with Gasteiger partial charge < -0.3 is 51.6 Å². The van der Waals surface area contributed by atoms with Crippen molar-refractivity contribution in [2.45, 2.75) is 0 Å². The van der Waals surface area contributed by atoms with E-state index in [9.17, 15) is 0 Å². The number of halogens is 2. The van der Waals surface area contributed by atoms with Gasteiger partial charge in [0.15, 0.2) is 0 Å². The van der Waals surface area contributed by atoms with Gasteiger partial charge in [0.25, 0.3) is 0 Å². The summed E-state index contributed by atoms with van der Waals surface area (Å²) in [6.45, 7) is 0. The second kappa shape index (κ2) is 8.13. The van der Waals surface area contributed by atoms with Crippen molar-refractivity contribution in [3.63, 3.8) is 0 Å². The maximum absolute atomic E-state index is 2.12. The van der Waals surface area contributed by atoms with E-state index >= 15 is 0 Å². The van der Waals surface area contributed by atoms with E-state index in [-0.39, 0.29) is 47.1 Å². The standard InChI is InChI=1S/C4H12N.BrH.HI.H3N/c1-5(2,3)4;;;/h1-4H3;2*1H;1H3/q+1;;;/p-1. The van der Waals surface area contributed by atoms with Crippen LogP contribution < -0.4 is 47.1 Å². The van der Waals surface area contributed by atoms with E-state index in [1.165, 1.54) is 0 Å². The number of quaternary nitrogens is 2. The smallest absolute Gasteiger partial charge is 0.0675 e. The molecule has 0 aromatic carbocycles. The first-order valence-electron chi connectivity index (χ1n) is 1.79. The van der Waals surface area contributed by atoms with Crippen LogP contribution in [0.3, 0.4) is 0 Å². The van der Waals surface area contributed by atoms with Crippen LogP contribution in [0.5, 0.6) is 0 Å². The highest BCUT2D eigenvalue weighted by Crippen LogP contribution is 1.73. The Hall–Kier alpha value is 1.13. The van der Waals surface area contributed by atoms with Crippen LogP contribution in [0.4, 0.5) is 0 Å².